The minimum atomic E-state index is -4.53. The largest absolute Gasteiger partial charge is 0.435 e. The van der Waals surface area contributed by atoms with Crippen LogP contribution in [0.15, 0.2) is 38.6 Å². The molecule has 0 unspecified atom stereocenters. The molecule has 0 spiro atoms. The average molecular weight is 344 g/mol. The molecule has 5 nitrogen and oxygen atoms in total. The molecule has 0 saturated heterocycles. The minimum absolute atomic E-state index is 0.214. The topological polar surface area (TPSA) is 60.7 Å². The van der Waals surface area contributed by atoms with E-state index in [0.29, 0.717) is 15.4 Å². The molecule has 0 aliphatic carbocycles. The van der Waals surface area contributed by atoms with Crippen molar-refractivity contribution < 1.29 is 13.2 Å². The van der Waals surface area contributed by atoms with E-state index in [1.165, 1.54) is 22.0 Å². The molecule has 0 aromatic carbocycles. The van der Waals surface area contributed by atoms with Crippen molar-refractivity contribution >= 4 is 33.3 Å². The molecular weight excluding hydrogens is 337 g/mol. The summed E-state index contributed by atoms with van der Waals surface area (Å²) in [6.07, 6.45) is -4.53. The summed E-state index contributed by atoms with van der Waals surface area (Å²) in [6, 6.07) is 3.73. The Morgan fingerprint density at radius 2 is 2.00 bits per heavy atom. The zero-order valence-corrected chi connectivity index (χ0v) is 12.6. The molecule has 0 N–H and O–H groups in total. The molecule has 22 heavy (non-hydrogen) atoms. The van der Waals surface area contributed by atoms with Gasteiger partial charge in [-0.1, -0.05) is 0 Å². The van der Waals surface area contributed by atoms with E-state index in [-0.39, 0.29) is 10.6 Å². The van der Waals surface area contributed by atoms with Gasteiger partial charge >= 0.3 is 6.18 Å². The van der Waals surface area contributed by atoms with Crippen molar-refractivity contribution in [3.05, 3.63) is 39.6 Å². The summed E-state index contributed by atoms with van der Waals surface area (Å²) >= 11 is 2.30. The molecule has 0 bridgehead atoms. The van der Waals surface area contributed by atoms with Crippen molar-refractivity contribution in [3.63, 3.8) is 0 Å². The molecule has 114 valence electrons. The molecule has 3 aromatic heterocycles. The Balaban J connectivity index is 1.96. The fourth-order valence-corrected chi connectivity index (χ4v) is 3.26. The summed E-state index contributed by atoms with van der Waals surface area (Å²) in [4.78, 5) is 17.0. The molecule has 0 saturated carbocycles. The Hall–Kier alpha value is -1.94. The maximum Gasteiger partial charge on any atom is 0.435 e. The van der Waals surface area contributed by atoms with E-state index >= 15 is 0 Å². The van der Waals surface area contributed by atoms with Gasteiger partial charge in [0.15, 0.2) is 10.9 Å². The summed E-state index contributed by atoms with van der Waals surface area (Å²) in [5, 5.41) is 9.50. The van der Waals surface area contributed by atoms with E-state index in [9.17, 15) is 18.0 Å². The number of aromatic nitrogens is 4. The number of thiophene rings is 1. The van der Waals surface area contributed by atoms with Crippen molar-refractivity contribution in [1.82, 2.24) is 19.7 Å². The van der Waals surface area contributed by atoms with Crippen LogP contribution < -0.4 is 5.56 Å². The monoisotopic (exact) mass is 344 g/mol. The van der Waals surface area contributed by atoms with Crippen molar-refractivity contribution in [2.75, 3.05) is 0 Å². The fourth-order valence-electron chi connectivity index (χ4n) is 1.69. The number of rotatable bonds is 2. The predicted octanol–water partition coefficient (Wildman–Crippen LogP) is 2.96. The highest BCUT2D eigenvalue weighted by atomic mass is 32.2. The first-order valence-electron chi connectivity index (χ1n) is 5.89. The van der Waals surface area contributed by atoms with Crippen LogP contribution in [0.5, 0.6) is 0 Å². The van der Waals surface area contributed by atoms with E-state index in [1.807, 2.05) is 0 Å². The fraction of sp³-hybridized carbons (Fsp3) is 0.167. The van der Waals surface area contributed by atoms with Crippen molar-refractivity contribution in [2.45, 2.75) is 16.4 Å². The third kappa shape index (κ3) is 2.71. The van der Waals surface area contributed by atoms with Crippen LogP contribution in [0.4, 0.5) is 13.2 Å². The number of alkyl halides is 3. The van der Waals surface area contributed by atoms with Gasteiger partial charge in [-0.2, -0.15) is 13.2 Å². The maximum atomic E-state index is 12.4. The van der Waals surface area contributed by atoms with E-state index in [4.69, 9.17) is 0 Å². The zero-order chi connectivity index (χ0) is 15.9. The molecule has 3 rings (SSSR count). The molecule has 0 amide bonds. The quantitative estimate of drug-likeness (QED) is 0.669. The smallest absolute Gasteiger partial charge is 0.290 e. The Morgan fingerprint density at radius 3 is 2.64 bits per heavy atom. The lowest BCUT2D eigenvalue weighted by Crippen LogP contribution is -2.19. The second kappa shape index (κ2) is 5.36. The van der Waals surface area contributed by atoms with Gasteiger partial charge in [0.25, 0.3) is 5.56 Å². The van der Waals surface area contributed by atoms with Gasteiger partial charge in [0.1, 0.15) is 9.86 Å². The maximum absolute atomic E-state index is 12.4. The van der Waals surface area contributed by atoms with Crippen LogP contribution in [-0.2, 0) is 13.2 Å². The lowest BCUT2D eigenvalue weighted by atomic mass is 10.4. The van der Waals surface area contributed by atoms with Crippen LogP contribution in [0.3, 0.4) is 0 Å². The van der Waals surface area contributed by atoms with Gasteiger partial charge in [0, 0.05) is 7.05 Å². The van der Waals surface area contributed by atoms with E-state index in [1.54, 1.807) is 18.5 Å². The summed E-state index contributed by atoms with van der Waals surface area (Å²) in [5.41, 5.74) is -1.28. The third-order valence-corrected chi connectivity index (χ3v) is 4.57. The van der Waals surface area contributed by atoms with Gasteiger partial charge in [0.2, 0.25) is 0 Å². The average Bonchev–Trinajstić information content (AvgIpc) is 2.92. The molecule has 0 aliphatic rings. The Labute approximate surface area is 129 Å². The van der Waals surface area contributed by atoms with Gasteiger partial charge in [-0.05, 0) is 35.3 Å². The van der Waals surface area contributed by atoms with Crippen molar-refractivity contribution in [3.8, 4) is 0 Å². The zero-order valence-electron chi connectivity index (χ0n) is 11.0. The normalized spacial score (nSPS) is 12.0. The number of hydrogen-bond acceptors (Lipinski definition) is 6. The Bertz CT molecular complexity index is 886. The first-order valence-corrected chi connectivity index (χ1v) is 7.59. The van der Waals surface area contributed by atoms with Crippen LogP contribution in [0.2, 0.25) is 0 Å². The molecule has 0 radical (unpaired) electrons. The van der Waals surface area contributed by atoms with Crippen molar-refractivity contribution in [1.29, 1.82) is 0 Å². The summed E-state index contributed by atoms with van der Waals surface area (Å²) < 4.78 is 38.6. The first-order chi connectivity index (χ1) is 10.4. The van der Waals surface area contributed by atoms with Crippen molar-refractivity contribution in [2.24, 2.45) is 7.05 Å². The molecule has 0 atom stereocenters. The van der Waals surface area contributed by atoms with Crippen LogP contribution in [0.25, 0.3) is 10.2 Å². The van der Waals surface area contributed by atoms with E-state index < -0.39 is 11.9 Å². The van der Waals surface area contributed by atoms with Crippen LogP contribution in [-0.4, -0.2) is 19.7 Å². The molecule has 0 fully saturated rings. The number of hydrogen-bond donors (Lipinski definition) is 0. The molecular formula is C12H7F3N4OS2. The summed E-state index contributed by atoms with van der Waals surface area (Å²) in [5.74, 6) is 0. The third-order valence-electron chi connectivity index (χ3n) is 2.79. The van der Waals surface area contributed by atoms with Gasteiger partial charge in [0.05, 0.1) is 5.39 Å². The lowest BCUT2D eigenvalue weighted by molar-refractivity contribution is -0.141. The van der Waals surface area contributed by atoms with E-state index in [2.05, 4.69) is 15.2 Å². The van der Waals surface area contributed by atoms with Gasteiger partial charge in [-0.25, -0.2) is 4.98 Å². The Kier molecular flexibility index (Phi) is 3.65. The summed E-state index contributed by atoms with van der Waals surface area (Å²) in [6.45, 7) is 0. The minimum Gasteiger partial charge on any atom is -0.290 e. The number of nitrogens with zero attached hydrogens (tertiary/aromatic N) is 4. The molecule has 3 aromatic rings. The highest BCUT2D eigenvalue weighted by Crippen LogP contribution is 2.29. The Morgan fingerprint density at radius 1 is 1.23 bits per heavy atom. The van der Waals surface area contributed by atoms with Gasteiger partial charge in [-0.15, -0.1) is 21.5 Å². The van der Waals surface area contributed by atoms with E-state index in [0.717, 1.165) is 17.8 Å². The number of fused-ring (bicyclic) bond motifs is 1. The first kappa shape index (κ1) is 15.0. The molecule has 3 heterocycles. The second-order valence-corrected chi connectivity index (χ2v) is 6.14. The van der Waals surface area contributed by atoms with Gasteiger partial charge < -0.3 is 0 Å². The van der Waals surface area contributed by atoms with Crippen LogP contribution >= 0.6 is 23.1 Å². The highest BCUT2D eigenvalue weighted by Gasteiger charge is 2.32. The lowest BCUT2D eigenvalue weighted by Gasteiger charge is -2.07. The standard InChI is InChI=1S/C12H7F3N4OS2/c1-19-10(20)6-4-5-21-9(6)16-11(19)22-8-3-2-7(17-18-8)12(13,14)15/h2-5H,1H3. The molecule has 0 aliphatic heterocycles. The summed E-state index contributed by atoms with van der Waals surface area (Å²) in [7, 11) is 1.55. The second-order valence-electron chi connectivity index (χ2n) is 4.25. The van der Waals surface area contributed by atoms with Gasteiger partial charge in [-0.3, -0.25) is 9.36 Å². The SMILES string of the molecule is Cn1c(Sc2ccc(C(F)(F)F)nn2)nc2sccc2c1=O. The van der Waals surface area contributed by atoms with Crippen LogP contribution in [0.1, 0.15) is 5.69 Å². The van der Waals surface area contributed by atoms with Crippen LogP contribution in [0, 0.1) is 0 Å². The number of halogens is 3. The molecule has 10 heteroatoms. The highest BCUT2D eigenvalue weighted by molar-refractivity contribution is 7.99. The predicted molar refractivity (Wildman–Crippen MR) is 76.0 cm³/mol.